The largest absolute Gasteiger partial charge is 0.334 e. The highest BCUT2D eigenvalue weighted by molar-refractivity contribution is 6.33. The molecular weight excluding hydrogens is 336 g/mol. The average Bonchev–Trinajstić information content (AvgIpc) is 2.61. The lowest BCUT2D eigenvalue weighted by Crippen LogP contribution is -2.33. The monoisotopic (exact) mass is 354 g/mol. The fourth-order valence-electron chi connectivity index (χ4n) is 2.84. The number of H-pyrrole nitrogens is 1. The Labute approximate surface area is 151 Å². The van der Waals surface area contributed by atoms with Crippen LogP contribution in [0, 0.1) is 0 Å². The van der Waals surface area contributed by atoms with Gasteiger partial charge in [-0.05, 0) is 36.1 Å². The topological polar surface area (TPSA) is 53.2 Å². The lowest BCUT2D eigenvalue weighted by atomic mass is 10.1. The molecule has 0 aliphatic heterocycles. The van der Waals surface area contributed by atoms with E-state index in [1.165, 1.54) is 0 Å². The summed E-state index contributed by atoms with van der Waals surface area (Å²) in [5.41, 5.74) is 1.63. The molecule has 0 fully saturated rings. The summed E-state index contributed by atoms with van der Waals surface area (Å²) in [6.45, 7) is 2.80. The molecule has 0 saturated carbocycles. The number of nitrogens with zero attached hydrogens (tertiary/aromatic N) is 1. The Kier molecular flexibility index (Phi) is 5.19. The lowest BCUT2D eigenvalue weighted by Gasteiger charge is -2.22. The number of fused-ring (bicyclic) bond motifs is 1. The van der Waals surface area contributed by atoms with Gasteiger partial charge in [0.15, 0.2) is 0 Å². The molecule has 1 amide bonds. The molecule has 0 bridgehead atoms. The van der Waals surface area contributed by atoms with Gasteiger partial charge in [-0.15, -0.1) is 0 Å². The summed E-state index contributed by atoms with van der Waals surface area (Å²) in [6, 6.07) is 16.4. The summed E-state index contributed by atoms with van der Waals surface area (Å²) in [5.74, 6) is -0.167. The van der Waals surface area contributed by atoms with Crippen molar-refractivity contribution in [1.82, 2.24) is 9.88 Å². The third-order valence-electron chi connectivity index (χ3n) is 4.08. The van der Waals surface area contributed by atoms with Crippen LogP contribution in [-0.2, 0) is 6.54 Å². The quantitative estimate of drug-likeness (QED) is 0.745. The molecule has 3 aromatic rings. The van der Waals surface area contributed by atoms with Gasteiger partial charge in [0, 0.05) is 17.6 Å². The van der Waals surface area contributed by atoms with Gasteiger partial charge in [-0.25, -0.2) is 0 Å². The van der Waals surface area contributed by atoms with Gasteiger partial charge >= 0.3 is 0 Å². The summed E-state index contributed by atoms with van der Waals surface area (Å²) in [5, 5.41) is 1.36. The van der Waals surface area contributed by atoms with Gasteiger partial charge in [0.2, 0.25) is 0 Å². The van der Waals surface area contributed by atoms with Crippen LogP contribution in [0.4, 0.5) is 0 Å². The second-order valence-electron chi connectivity index (χ2n) is 5.92. The number of aromatic nitrogens is 1. The molecule has 128 valence electrons. The number of para-hydroxylation sites is 1. The minimum absolute atomic E-state index is 0.167. The van der Waals surface area contributed by atoms with Crippen LogP contribution in [0.1, 0.15) is 29.3 Å². The summed E-state index contributed by atoms with van der Waals surface area (Å²) < 4.78 is 0. The van der Waals surface area contributed by atoms with Gasteiger partial charge < -0.3 is 9.88 Å². The van der Waals surface area contributed by atoms with E-state index in [0.29, 0.717) is 22.7 Å². The van der Waals surface area contributed by atoms with Crippen molar-refractivity contribution in [3.05, 3.63) is 81.1 Å². The van der Waals surface area contributed by atoms with Crippen LogP contribution < -0.4 is 5.56 Å². The van der Waals surface area contributed by atoms with E-state index in [1.807, 2.05) is 37.3 Å². The predicted molar refractivity (Wildman–Crippen MR) is 101 cm³/mol. The first-order valence-corrected chi connectivity index (χ1v) is 8.62. The Balaban J connectivity index is 1.95. The number of nitrogens with one attached hydrogen (secondary N) is 1. The van der Waals surface area contributed by atoms with E-state index < -0.39 is 0 Å². The molecular formula is C20H19ClN2O2. The average molecular weight is 355 g/mol. The summed E-state index contributed by atoms with van der Waals surface area (Å²) in [6.07, 6.45) is 0.793. The van der Waals surface area contributed by atoms with Gasteiger partial charge in [0.1, 0.15) is 0 Å². The maximum atomic E-state index is 12.9. The number of amides is 1. The molecule has 5 heteroatoms. The standard InChI is InChI=1S/C20H19ClN2O2/c1-2-11-23(20(25)16-8-4-5-9-17(16)21)13-15-12-14-7-3-6-10-18(14)22-19(15)24/h3-10,12H,2,11,13H2,1H3,(H,22,24). The Morgan fingerprint density at radius 3 is 2.60 bits per heavy atom. The zero-order valence-corrected chi connectivity index (χ0v) is 14.7. The molecule has 0 aliphatic rings. The number of benzene rings is 2. The zero-order valence-electron chi connectivity index (χ0n) is 14.0. The first-order valence-electron chi connectivity index (χ1n) is 8.25. The molecule has 1 heterocycles. The molecule has 0 unspecified atom stereocenters. The Hall–Kier alpha value is -2.59. The van der Waals surface area contributed by atoms with Crippen molar-refractivity contribution in [1.29, 1.82) is 0 Å². The summed E-state index contributed by atoms with van der Waals surface area (Å²) in [7, 11) is 0. The molecule has 3 rings (SSSR count). The van der Waals surface area contributed by atoms with Crippen molar-refractivity contribution >= 4 is 28.4 Å². The Bertz CT molecular complexity index is 965. The van der Waals surface area contributed by atoms with Crippen LogP contribution in [0.3, 0.4) is 0 Å². The number of rotatable bonds is 5. The van der Waals surface area contributed by atoms with Crippen LogP contribution in [0.2, 0.25) is 5.02 Å². The zero-order chi connectivity index (χ0) is 17.8. The molecule has 4 nitrogen and oxygen atoms in total. The molecule has 0 radical (unpaired) electrons. The molecule has 2 aromatic carbocycles. The highest BCUT2D eigenvalue weighted by atomic mass is 35.5. The number of hydrogen-bond acceptors (Lipinski definition) is 2. The van der Waals surface area contributed by atoms with Gasteiger partial charge in [0.25, 0.3) is 11.5 Å². The van der Waals surface area contributed by atoms with Gasteiger partial charge in [-0.1, -0.05) is 48.9 Å². The highest BCUT2D eigenvalue weighted by Gasteiger charge is 2.19. The van der Waals surface area contributed by atoms with Crippen LogP contribution in [0.15, 0.2) is 59.4 Å². The number of halogens is 1. The minimum atomic E-state index is -0.174. The highest BCUT2D eigenvalue weighted by Crippen LogP contribution is 2.19. The van der Waals surface area contributed by atoms with Crippen molar-refractivity contribution < 1.29 is 4.79 Å². The maximum Gasteiger partial charge on any atom is 0.255 e. The third-order valence-corrected chi connectivity index (χ3v) is 4.41. The fraction of sp³-hybridized carbons (Fsp3) is 0.200. The summed E-state index contributed by atoms with van der Waals surface area (Å²) in [4.78, 5) is 29.8. The molecule has 0 spiro atoms. The van der Waals surface area contributed by atoms with Gasteiger partial charge in [0.05, 0.1) is 17.1 Å². The first-order chi connectivity index (χ1) is 12.1. The number of carbonyl (C=O) groups excluding carboxylic acids is 1. The maximum absolute atomic E-state index is 12.9. The molecule has 0 atom stereocenters. The number of pyridine rings is 1. The van der Waals surface area contributed by atoms with Crippen LogP contribution in [0.25, 0.3) is 10.9 Å². The number of hydrogen-bond donors (Lipinski definition) is 1. The molecule has 25 heavy (non-hydrogen) atoms. The van der Waals surface area contributed by atoms with Crippen LogP contribution >= 0.6 is 11.6 Å². The Morgan fingerprint density at radius 1 is 1.12 bits per heavy atom. The molecule has 1 N–H and O–H groups in total. The van der Waals surface area contributed by atoms with Crippen molar-refractivity contribution in [2.45, 2.75) is 19.9 Å². The SMILES string of the molecule is CCCN(Cc1cc2ccccc2[nH]c1=O)C(=O)c1ccccc1Cl. The molecule has 0 saturated heterocycles. The van der Waals surface area contributed by atoms with Gasteiger partial charge in [-0.3, -0.25) is 9.59 Å². The second kappa shape index (κ2) is 7.53. The lowest BCUT2D eigenvalue weighted by molar-refractivity contribution is 0.0743. The van der Waals surface area contributed by atoms with E-state index in [2.05, 4.69) is 4.98 Å². The normalized spacial score (nSPS) is 10.8. The van der Waals surface area contributed by atoms with Crippen molar-refractivity contribution in [3.8, 4) is 0 Å². The van der Waals surface area contributed by atoms with Gasteiger partial charge in [-0.2, -0.15) is 0 Å². The van der Waals surface area contributed by atoms with E-state index in [4.69, 9.17) is 11.6 Å². The second-order valence-corrected chi connectivity index (χ2v) is 6.32. The van der Waals surface area contributed by atoms with Crippen LogP contribution in [0.5, 0.6) is 0 Å². The van der Waals surface area contributed by atoms with E-state index in [-0.39, 0.29) is 18.0 Å². The van der Waals surface area contributed by atoms with Crippen LogP contribution in [-0.4, -0.2) is 22.3 Å². The predicted octanol–water partition coefficient (Wildman–Crippen LogP) is 4.23. The third kappa shape index (κ3) is 3.74. The fourth-order valence-corrected chi connectivity index (χ4v) is 3.06. The van der Waals surface area contributed by atoms with Crippen molar-refractivity contribution in [2.75, 3.05) is 6.54 Å². The minimum Gasteiger partial charge on any atom is -0.334 e. The van der Waals surface area contributed by atoms with E-state index in [1.54, 1.807) is 29.2 Å². The van der Waals surface area contributed by atoms with E-state index >= 15 is 0 Å². The van der Waals surface area contributed by atoms with Crippen molar-refractivity contribution in [2.24, 2.45) is 0 Å². The Morgan fingerprint density at radius 2 is 1.84 bits per heavy atom. The van der Waals surface area contributed by atoms with E-state index in [0.717, 1.165) is 17.3 Å². The number of carbonyl (C=O) groups is 1. The summed E-state index contributed by atoms with van der Waals surface area (Å²) >= 11 is 6.16. The first kappa shape index (κ1) is 17.2. The molecule has 0 aliphatic carbocycles. The number of aromatic amines is 1. The van der Waals surface area contributed by atoms with E-state index in [9.17, 15) is 9.59 Å². The smallest absolute Gasteiger partial charge is 0.255 e. The molecule has 1 aromatic heterocycles. The van der Waals surface area contributed by atoms with Crippen molar-refractivity contribution in [3.63, 3.8) is 0 Å².